The Labute approximate surface area is 110 Å². The van der Waals surface area contributed by atoms with Crippen molar-refractivity contribution in [1.29, 1.82) is 0 Å². The highest BCUT2D eigenvalue weighted by atomic mass is 35.5. The first-order valence-electron chi connectivity index (χ1n) is 5.72. The van der Waals surface area contributed by atoms with E-state index in [1.165, 1.54) is 0 Å². The van der Waals surface area contributed by atoms with Gasteiger partial charge in [-0.1, -0.05) is 41.9 Å². The van der Waals surface area contributed by atoms with Crippen LogP contribution in [0.25, 0.3) is 22.3 Å². The second-order valence-corrected chi connectivity index (χ2v) is 4.62. The number of benzene rings is 2. The van der Waals surface area contributed by atoms with Crippen molar-refractivity contribution in [3.63, 3.8) is 0 Å². The first-order valence-corrected chi connectivity index (χ1v) is 6.10. The van der Waals surface area contributed by atoms with Crippen LogP contribution in [0.4, 0.5) is 0 Å². The SMILES string of the molecule is Cc1cc2nc(-c3ccccc3)cnc2cc1Cl. The largest absolute Gasteiger partial charge is 0.252 e. The maximum Gasteiger partial charge on any atom is 0.0902 e. The smallest absolute Gasteiger partial charge is 0.0902 e. The molecule has 0 N–H and O–H groups in total. The normalized spacial score (nSPS) is 10.8. The van der Waals surface area contributed by atoms with Gasteiger partial charge in [0.25, 0.3) is 0 Å². The van der Waals surface area contributed by atoms with Gasteiger partial charge in [0.2, 0.25) is 0 Å². The molecule has 3 aromatic rings. The molecule has 0 aliphatic heterocycles. The van der Waals surface area contributed by atoms with Gasteiger partial charge in [-0.15, -0.1) is 0 Å². The highest BCUT2D eigenvalue weighted by molar-refractivity contribution is 6.32. The van der Waals surface area contributed by atoms with Gasteiger partial charge >= 0.3 is 0 Å². The van der Waals surface area contributed by atoms with Gasteiger partial charge in [-0.05, 0) is 24.6 Å². The number of aromatic nitrogens is 2. The number of halogens is 1. The zero-order chi connectivity index (χ0) is 12.5. The van der Waals surface area contributed by atoms with Crippen molar-refractivity contribution in [2.24, 2.45) is 0 Å². The van der Waals surface area contributed by atoms with Crippen LogP contribution in [-0.2, 0) is 0 Å². The molecule has 0 fully saturated rings. The van der Waals surface area contributed by atoms with Crippen molar-refractivity contribution >= 4 is 22.6 Å². The van der Waals surface area contributed by atoms with Crippen molar-refractivity contribution in [2.45, 2.75) is 6.92 Å². The van der Waals surface area contributed by atoms with Gasteiger partial charge < -0.3 is 0 Å². The summed E-state index contributed by atoms with van der Waals surface area (Å²) in [6.07, 6.45) is 1.78. The maximum absolute atomic E-state index is 6.08. The lowest BCUT2D eigenvalue weighted by molar-refractivity contribution is 1.28. The highest BCUT2D eigenvalue weighted by Gasteiger charge is 2.04. The van der Waals surface area contributed by atoms with Crippen LogP contribution in [0.1, 0.15) is 5.56 Å². The molecular weight excluding hydrogens is 244 g/mol. The van der Waals surface area contributed by atoms with Gasteiger partial charge in [0.15, 0.2) is 0 Å². The summed E-state index contributed by atoms with van der Waals surface area (Å²) in [7, 11) is 0. The summed E-state index contributed by atoms with van der Waals surface area (Å²) in [5, 5.41) is 0.726. The van der Waals surface area contributed by atoms with Crippen molar-refractivity contribution < 1.29 is 0 Å². The van der Waals surface area contributed by atoms with Crippen molar-refractivity contribution in [2.75, 3.05) is 0 Å². The van der Waals surface area contributed by atoms with E-state index in [0.29, 0.717) is 0 Å². The van der Waals surface area contributed by atoms with Crippen LogP contribution >= 0.6 is 11.6 Å². The van der Waals surface area contributed by atoms with Crippen LogP contribution in [0.3, 0.4) is 0 Å². The lowest BCUT2D eigenvalue weighted by Gasteiger charge is -2.04. The average molecular weight is 255 g/mol. The topological polar surface area (TPSA) is 25.8 Å². The Morgan fingerprint density at radius 3 is 2.56 bits per heavy atom. The Bertz CT molecular complexity index is 708. The summed E-state index contributed by atoms with van der Waals surface area (Å²) >= 11 is 6.08. The van der Waals surface area contributed by atoms with Crippen molar-refractivity contribution in [3.8, 4) is 11.3 Å². The van der Waals surface area contributed by atoms with Crippen molar-refractivity contribution in [3.05, 3.63) is 59.2 Å². The molecule has 18 heavy (non-hydrogen) atoms. The molecule has 3 heteroatoms. The standard InChI is InChI=1S/C15H11ClN2/c1-10-7-14-13(8-12(10)16)17-9-15(18-14)11-5-3-2-4-6-11/h2-9H,1H3. The third-order valence-corrected chi connectivity index (χ3v) is 3.30. The molecule has 2 aromatic carbocycles. The van der Waals surface area contributed by atoms with E-state index in [0.717, 1.165) is 32.9 Å². The second kappa shape index (κ2) is 4.39. The molecule has 0 unspecified atom stereocenters. The average Bonchev–Trinajstić information content (AvgIpc) is 2.41. The van der Waals surface area contributed by atoms with Crippen LogP contribution in [0.2, 0.25) is 5.02 Å². The molecular formula is C15H11ClN2. The molecule has 0 atom stereocenters. The molecule has 1 heterocycles. The van der Waals surface area contributed by atoms with E-state index in [1.54, 1.807) is 6.20 Å². The summed E-state index contributed by atoms with van der Waals surface area (Å²) in [5.41, 5.74) is 4.66. The molecule has 0 amide bonds. The summed E-state index contributed by atoms with van der Waals surface area (Å²) in [5.74, 6) is 0. The molecule has 0 aliphatic rings. The maximum atomic E-state index is 6.08. The molecule has 1 aromatic heterocycles. The van der Waals surface area contributed by atoms with E-state index in [4.69, 9.17) is 11.6 Å². The third-order valence-electron chi connectivity index (χ3n) is 2.89. The van der Waals surface area contributed by atoms with Crippen LogP contribution < -0.4 is 0 Å². The Morgan fingerprint density at radius 2 is 1.78 bits per heavy atom. The highest BCUT2D eigenvalue weighted by Crippen LogP contribution is 2.23. The lowest BCUT2D eigenvalue weighted by atomic mass is 10.1. The first-order chi connectivity index (χ1) is 8.74. The van der Waals surface area contributed by atoms with E-state index in [9.17, 15) is 0 Å². The Morgan fingerprint density at radius 1 is 1.00 bits per heavy atom. The summed E-state index contributed by atoms with van der Waals surface area (Å²) in [6, 6.07) is 13.9. The number of aryl methyl sites for hydroxylation is 1. The van der Waals surface area contributed by atoms with Crippen LogP contribution in [-0.4, -0.2) is 9.97 Å². The molecule has 0 spiro atoms. The van der Waals surface area contributed by atoms with E-state index >= 15 is 0 Å². The Hall–Kier alpha value is -1.93. The van der Waals surface area contributed by atoms with Crippen LogP contribution in [0.15, 0.2) is 48.7 Å². The Balaban J connectivity index is 2.20. The minimum atomic E-state index is 0.726. The minimum absolute atomic E-state index is 0.726. The van der Waals surface area contributed by atoms with Crippen molar-refractivity contribution in [1.82, 2.24) is 9.97 Å². The van der Waals surface area contributed by atoms with E-state index in [-0.39, 0.29) is 0 Å². The zero-order valence-electron chi connectivity index (χ0n) is 9.89. The van der Waals surface area contributed by atoms with Gasteiger partial charge in [0.1, 0.15) is 0 Å². The predicted octanol–water partition coefficient (Wildman–Crippen LogP) is 4.26. The lowest BCUT2D eigenvalue weighted by Crippen LogP contribution is -1.89. The molecule has 3 rings (SSSR count). The van der Waals surface area contributed by atoms with Gasteiger partial charge in [0.05, 0.1) is 22.9 Å². The fraction of sp³-hybridized carbons (Fsp3) is 0.0667. The van der Waals surface area contributed by atoms with Gasteiger partial charge in [-0.2, -0.15) is 0 Å². The van der Waals surface area contributed by atoms with Gasteiger partial charge in [-0.25, -0.2) is 4.98 Å². The molecule has 0 bridgehead atoms. The number of nitrogens with zero attached hydrogens (tertiary/aromatic N) is 2. The van der Waals surface area contributed by atoms with Gasteiger partial charge in [0, 0.05) is 10.6 Å². The fourth-order valence-corrected chi connectivity index (χ4v) is 2.04. The number of fused-ring (bicyclic) bond motifs is 1. The molecule has 88 valence electrons. The minimum Gasteiger partial charge on any atom is -0.252 e. The van der Waals surface area contributed by atoms with Crippen LogP contribution in [0, 0.1) is 6.92 Å². The van der Waals surface area contributed by atoms with E-state index < -0.39 is 0 Å². The molecule has 2 nitrogen and oxygen atoms in total. The zero-order valence-corrected chi connectivity index (χ0v) is 10.6. The number of rotatable bonds is 1. The predicted molar refractivity (Wildman–Crippen MR) is 74.7 cm³/mol. The monoisotopic (exact) mass is 254 g/mol. The second-order valence-electron chi connectivity index (χ2n) is 4.21. The quantitative estimate of drug-likeness (QED) is 0.648. The van der Waals surface area contributed by atoms with E-state index in [1.807, 2.05) is 49.4 Å². The van der Waals surface area contributed by atoms with Crippen LogP contribution in [0.5, 0.6) is 0 Å². The number of hydrogen-bond acceptors (Lipinski definition) is 2. The van der Waals surface area contributed by atoms with Gasteiger partial charge in [-0.3, -0.25) is 4.98 Å². The summed E-state index contributed by atoms with van der Waals surface area (Å²) < 4.78 is 0. The summed E-state index contributed by atoms with van der Waals surface area (Å²) in [6.45, 7) is 1.97. The Kier molecular flexibility index (Phi) is 2.73. The summed E-state index contributed by atoms with van der Waals surface area (Å²) in [4.78, 5) is 9.04. The first kappa shape index (κ1) is 11.2. The third kappa shape index (κ3) is 1.95. The fourth-order valence-electron chi connectivity index (χ4n) is 1.89. The molecule has 0 radical (unpaired) electrons. The molecule has 0 saturated carbocycles. The molecule has 0 saturated heterocycles. The number of hydrogen-bond donors (Lipinski definition) is 0. The molecule has 0 aliphatic carbocycles. The van der Waals surface area contributed by atoms with E-state index in [2.05, 4.69) is 9.97 Å².